The van der Waals surface area contributed by atoms with Gasteiger partial charge in [-0.1, -0.05) is 44.5 Å². The summed E-state index contributed by atoms with van der Waals surface area (Å²) in [6.07, 6.45) is 2.87. The summed E-state index contributed by atoms with van der Waals surface area (Å²) in [6.45, 7) is 5.53. The van der Waals surface area contributed by atoms with E-state index in [1.807, 2.05) is 41.3 Å². The molecule has 2 aromatic carbocycles. The molecule has 1 amide bonds. The van der Waals surface area contributed by atoms with Gasteiger partial charge in [0, 0.05) is 17.7 Å². The molecule has 1 aliphatic heterocycles. The average Bonchev–Trinajstić information content (AvgIpc) is 3.30. The number of fused-ring (bicyclic) bond motifs is 1. The molecule has 0 spiro atoms. The van der Waals surface area contributed by atoms with Gasteiger partial charge >= 0.3 is 0 Å². The highest BCUT2D eigenvalue weighted by atomic mass is 16.5. The lowest BCUT2D eigenvalue weighted by Crippen LogP contribution is -2.30. The zero-order chi connectivity index (χ0) is 21.1. The summed E-state index contributed by atoms with van der Waals surface area (Å²) < 4.78 is 5.72. The van der Waals surface area contributed by atoms with Crippen molar-refractivity contribution < 1.29 is 14.6 Å². The number of carbonyl (C=O) groups is 1. The van der Waals surface area contributed by atoms with E-state index in [1.54, 1.807) is 12.1 Å². The SMILES string of the molecule is CCCCN1C(=O)c2[nH]nc(-c3ccccc3O)c2C1c1ccc(OCCC)cc1. The monoisotopic (exact) mass is 405 g/mol. The second kappa shape index (κ2) is 8.61. The molecule has 0 saturated heterocycles. The van der Waals surface area contributed by atoms with Gasteiger partial charge in [0.1, 0.15) is 22.9 Å². The molecule has 2 heterocycles. The van der Waals surface area contributed by atoms with E-state index in [0.29, 0.717) is 30.1 Å². The third kappa shape index (κ3) is 3.54. The number of phenols is 1. The lowest BCUT2D eigenvalue weighted by atomic mass is 9.95. The van der Waals surface area contributed by atoms with E-state index in [0.717, 1.165) is 36.1 Å². The molecule has 30 heavy (non-hydrogen) atoms. The van der Waals surface area contributed by atoms with Gasteiger partial charge in [-0.25, -0.2) is 0 Å². The van der Waals surface area contributed by atoms with E-state index in [9.17, 15) is 9.90 Å². The van der Waals surface area contributed by atoms with Crippen molar-refractivity contribution in [2.24, 2.45) is 0 Å². The molecule has 4 rings (SSSR count). The smallest absolute Gasteiger partial charge is 0.273 e. The second-order valence-electron chi connectivity index (χ2n) is 7.55. The van der Waals surface area contributed by atoms with Gasteiger partial charge in [-0.15, -0.1) is 0 Å². The Morgan fingerprint density at radius 2 is 1.87 bits per heavy atom. The number of nitrogens with one attached hydrogen (secondary N) is 1. The van der Waals surface area contributed by atoms with Crippen molar-refractivity contribution in [3.05, 3.63) is 65.4 Å². The van der Waals surface area contributed by atoms with Gasteiger partial charge in [0.05, 0.1) is 12.6 Å². The third-order valence-electron chi connectivity index (χ3n) is 5.44. The largest absolute Gasteiger partial charge is 0.507 e. The first-order valence-electron chi connectivity index (χ1n) is 10.6. The van der Waals surface area contributed by atoms with Crippen molar-refractivity contribution in [1.82, 2.24) is 15.1 Å². The van der Waals surface area contributed by atoms with Crippen LogP contribution in [0.25, 0.3) is 11.3 Å². The van der Waals surface area contributed by atoms with Gasteiger partial charge in [0.15, 0.2) is 0 Å². The first kappa shape index (κ1) is 20.0. The van der Waals surface area contributed by atoms with E-state index >= 15 is 0 Å². The van der Waals surface area contributed by atoms with Crippen LogP contribution in [0.1, 0.15) is 60.8 Å². The molecule has 156 valence electrons. The molecular formula is C24H27N3O3. The maximum atomic E-state index is 13.2. The Bertz CT molecular complexity index is 1030. The molecule has 1 aliphatic rings. The number of H-pyrrole nitrogens is 1. The number of nitrogens with zero attached hydrogens (tertiary/aromatic N) is 2. The Balaban J connectivity index is 1.78. The van der Waals surface area contributed by atoms with E-state index < -0.39 is 0 Å². The molecule has 0 fully saturated rings. The molecule has 3 aromatic rings. The number of amides is 1. The van der Waals surface area contributed by atoms with Gasteiger partial charge in [-0.2, -0.15) is 5.10 Å². The fraction of sp³-hybridized carbons (Fsp3) is 0.333. The number of aromatic hydroxyl groups is 1. The van der Waals surface area contributed by atoms with Gasteiger partial charge in [-0.3, -0.25) is 9.89 Å². The predicted molar refractivity (Wildman–Crippen MR) is 116 cm³/mol. The number of aromatic nitrogens is 2. The van der Waals surface area contributed by atoms with Crippen LogP contribution in [0.5, 0.6) is 11.5 Å². The van der Waals surface area contributed by atoms with Crippen molar-refractivity contribution in [2.45, 2.75) is 39.2 Å². The lowest BCUT2D eigenvalue weighted by molar-refractivity contribution is 0.0741. The summed E-state index contributed by atoms with van der Waals surface area (Å²) in [5, 5.41) is 17.7. The standard InChI is InChI=1S/C24H27N3O3/c1-3-5-14-27-23(16-10-12-17(13-11-16)30-15-4-2)20-21(25-26-22(20)24(27)29)18-8-6-7-9-19(18)28/h6-13,23,28H,3-5,14-15H2,1-2H3,(H,25,26). The molecule has 1 aromatic heterocycles. The highest BCUT2D eigenvalue weighted by Gasteiger charge is 2.42. The number of aromatic amines is 1. The summed E-state index contributed by atoms with van der Waals surface area (Å²) in [6, 6.07) is 14.8. The minimum absolute atomic E-state index is 0.0519. The van der Waals surface area contributed by atoms with Gasteiger partial charge in [-0.05, 0) is 42.7 Å². The predicted octanol–water partition coefficient (Wildman–Crippen LogP) is 4.92. The Labute approximate surface area is 176 Å². The number of carbonyl (C=O) groups excluding carboxylic acids is 1. The van der Waals surface area contributed by atoms with E-state index in [-0.39, 0.29) is 17.7 Å². The maximum Gasteiger partial charge on any atom is 0.273 e. The molecule has 0 radical (unpaired) electrons. The third-order valence-corrected chi connectivity index (χ3v) is 5.44. The number of para-hydroxylation sites is 1. The number of phenolic OH excluding ortho intramolecular Hbond substituents is 1. The number of benzene rings is 2. The molecule has 6 nitrogen and oxygen atoms in total. The first-order valence-corrected chi connectivity index (χ1v) is 10.6. The number of hydrogen-bond acceptors (Lipinski definition) is 4. The number of ether oxygens (including phenoxy) is 1. The lowest BCUT2D eigenvalue weighted by Gasteiger charge is -2.26. The Kier molecular flexibility index (Phi) is 5.74. The van der Waals surface area contributed by atoms with Crippen LogP contribution in [0.2, 0.25) is 0 Å². The normalized spacial score (nSPS) is 15.5. The van der Waals surface area contributed by atoms with Crippen LogP contribution < -0.4 is 4.74 Å². The Morgan fingerprint density at radius 1 is 1.10 bits per heavy atom. The minimum Gasteiger partial charge on any atom is -0.507 e. The van der Waals surface area contributed by atoms with Crippen LogP contribution in [0.3, 0.4) is 0 Å². The minimum atomic E-state index is -0.257. The molecule has 1 unspecified atom stereocenters. The van der Waals surface area contributed by atoms with Crippen molar-refractivity contribution in [2.75, 3.05) is 13.2 Å². The Morgan fingerprint density at radius 3 is 2.57 bits per heavy atom. The number of hydrogen-bond donors (Lipinski definition) is 2. The van der Waals surface area contributed by atoms with E-state index in [4.69, 9.17) is 4.74 Å². The highest BCUT2D eigenvalue weighted by Crippen LogP contribution is 2.44. The van der Waals surface area contributed by atoms with Crippen LogP contribution >= 0.6 is 0 Å². The van der Waals surface area contributed by atoms with Crippen molar-refractivity contribution >= 4 is 5.91 Å². The van der Waals surface area contributed by atoms with E-state index in [1.165, 1.54) is 0 Å². The summed E-state index contributed by atoms with van der Waals surface area (Å²) in [4.78, 5) is 15.1. The molecule has 0 aliphatic carbocycles. The van der Waals surface area contributed by atoms with Gasteiger partial charge in [0.2, 0.25) is 0 Å². The summed E-state index contributed by atoms with van der Waals surface area (Å²) in [5.74, 6) is 0.913. The van der Waals surface area contributed by atoms with Gasteiger partial charge in [0.25, 0.3) is 5.91 Å². The zero-order valence-electron chi connectivity index (χ0n) is 17.4. The van der Waals surface area contributed by atoms with Crippen LogP contribution in [0.15, 0.2) is 48.5 Å². The molecule has 6 heteroatoms. The Hall–Kier alpha value is -3.28. The van der Waals surface area contributed by atoms with Crippen LogP contribution in [-0.4, -0.2) is 39.3 Å². The van der Waals surface area contributed by atoms with Gasteiger partial charge < -0.3 is 14.7 Å². The molecule has 0 bridgehead atoms. The number of rotatable bonds is 8. The quantitative estimate of drug-likeness (QED) is 0.558. The summed E-state index contributed by atoms with van der Waals surface area (Å²) in [7, 11) is 0. The van der Waals surface area contributed by atoms with Crippen LogP contribution in [-0.2, 0) is 0 Å². The summed E-state index contributed by atoms with van der Waals surface area (Å²) in [5.41, 5.74) is 3.56. The van der Waals surface area contributed by atoms with Crippen LogP contribution in [0, 0.1) is 0 Å². The average molecular weight is 405 g/mol. The topological polar surface area (TPSA) is 78.5 Å². The second-order valence-corrected chi connectivity index (χ2v) is 7.55. The van der Waals surface area contributed by atoms with E-state index in [2.05, 4.69) is 24.0 Å². The molecule has 2 N–H and O–H groups in total. The molecule has 0 saturated carbocycles. The molecular weight excluding hydrogens is 378 g/mol. The number of unbranched alkanes of at least 4 members (excludes halogenated alkanes) is 1. The fourth-order valence-electron chi connectivity index (χ4n) is 3.95. The van der Waals surface area contributed by atoms with Crippen molar-refractivity contribution in [3.63, 3.8) is 0 Å². The van der Waals surface area contributed by atoms with Crippen LogP contribution in [0.4, 0.5) is 0 Å². The maximum absolute atomic E-state index is 13.2. The highest BCUT2D eigenvalue weighted by molar-refractivity contribution is 6.00. The molecule has 1 atom stereocenters. The zero-order valence-corrected chi connectivity index (χ0v) is 17.4. The van der Waals surface area contributed by atoms with Crippen molar-refractivity contribution in [1.29, 1.82) is 0 Å². The fourth-order valence-corrected chi connectivity index (χ4v) is 3.95. The first-order chi connectivity index (χ1) is 14.7. The van der Waals surface area contributed by atoms with Crippen molar-refractivity contribution in [3.8, 4) is 22.8 Å². The summed E-state index contributed by atoms with van der Waals surface area (Å²) >= 11 is 0.